The molecule has 3 rings (SSSR count). The average Bonchev–Trinajstić information content (AvgIpc) is 3.28. The number of aliphatic hydroxyl groups is 1. The third-order valence-electron chi connectivity index (χ3n) is 4.99. The molecule has 33 heavy (non-hydrogen) atoms. The van der Waals surface area contributed by atoms with Crippen LogP contribution in [0.3, 0.4) is 0 Å². The fourth-order valence-corrected chi connectivity index (χ4v) is 3.83. The Bertz CT molecular complexity index is 1070. The van der Waals surface area contributed by atoms with Gasteiger partial charge in [0.25, 0.3) is 0 Å². The van der Waals surface area contributed by atoms with E-state index in [4.69, 9.17) is 0 Å². The van der Waals surface area contributed by atoms with Crippen molar-refractivity contribution in [3.63, 3.8) is 0 Å². The Labute approximate surface area is 197 Å². The first-order chi connectivity index (χ1) is 15.9. The molecule has 0 saturated carbocycles. The zero-order valence-electron chi connectivity index (χ0n) is 18.9. The molecule has 2 atom stereocenters. The molecule has 4 N–H and O–H groups in total. The maximum Gasteiger partial charge on any atom is 0.237 e. The Kier molecular flexibility index (Phi) is 8.47. The van der Waals surface area contributed by atoms with Gasteiger partial charge in [-0.1, -0.05) is 48.2 Å². The molecule has 1 aromatic carbocycles. The number of likely N-dealkylation sites (N-methyl/N-ethyl adjacent to an activating group) is 1. The van der Waals surface area contributed by atoms with Crippen LogP contribution in [0.1, 0.15) is 12.7 Å². The second-order valence-corrected chi connectivity index (χ2v) is 8.45. The molecule has 10 heteroatoms. The molecule has 2 heterocycles. The number of aryl methyl sites for hydroxylation is 1. The summed E-state index contributed by atoms with van der Waals surface area (Å²) >= 11 is 1.55. The number of carbonyl (C=O) groups is 1. The molecule has 0 radical (unpaired) electrons. The van der Waals surface area contributed by atoms with Crippen LogP contribution < -0.4 is 16.0 Å². The summed E-state index contributed by atoms with van der Waals surface area (Å²) in [6.45, 7) is 7.96. The van der Waals surface area contributed by atoms with Crippen molar-refractivity contribution in [1.29, 1.82) is 0 Å². The van der Waals surface area contributed by atoms with E-state index in [1.165, 1.54) is 11.0 Å². The number of benzene rings is 1. The Morgan fingerprint density at radius 2 is 1.97 bits per heavy atom. The number of nitrogens with one attached hydrogen (secondary N) is 3. The summed E-state index contributed by atoms with van der Waals surface area (Å²) in [7, 11) is 1.66. The van der Waals surface area contributed by atoms with Crippen molar-refractivity contribution in [1.82, 2.24) is 25.2 Å². The number of amides is 1. The number of hydrogen-bond acceptors (Lipinski definition) is 9. The lowest BCUT2D eigenvalue weighted by atomic mass is 10.2. The van der Waals surface area contributed by atoms with Gasteiger partial charge in [0.2, 0.25) is 5.91 Å². The van der Waals surface area contributed by atoms with Gasteiger partial charge >= 0.3 is 0 Å². The first kappa shape index (κ1) is 24.3. The van der Waals surface area contributed by atoms with Gasteiger partial charge in [-0.15, -0.1) is 0 Å². The van der Waals surface area contributed by atoms with Crippen LogP contribution in [0.15, 0.2) is 55.3 Å². The predicted molar refractivity (Wildman–Crippen MR) is 133 cm³/mol. The van der Waals surface area contributed by atoms with Gasteiger partial charge in [-0.2, -0.15) is 0 Å². The molecular formula is C23H29N7O2S. The second kappa shape index (κ2) is 11.5. The van der Waals surface area contributed by atoms with Crippen molar-refractivity contribution in [3.05, 3.63) is 61.1 Å². The van der Waals surface area contributed by atoms with Crippen LogP contribution in [0.4, 0.5) is 16.8 Å². The Morgan fingerprint density at radius 1 is 1.24 bits per heavy atom. The summed E-state index contributed by atoms with van der Waals surface area (Å²) in [5.41, 5.74) is 1.12. The average molecular weight is 468 g/mol. The van der Waals surface area contributed by atoms with Crippen LogP contribution in [0, 0.1) is 6.92 Å². The number of nitrogens with zero attached hydrogens (tertiary/aromatic N) is 4. The van der Waals surface area contributed by atoms with Gasteiger partial charge in [0, 0.05) is 25.4 Å². The third kappa shape index (κ3) is 6.82. The minimum atomic E-state index is -0.875. The van der Waals surface area contributed by atoms with Gasteiger partial charge in [-0.25, -0.2) is 15.0 Å². The minimum absolute atomic E-state index is 0.181. The molecule has 0 saturated heterocycles. The molecular weight excluding hydrogens is 438 g/mol. The molecule has 0 aliphatic rings. The quantitative estimate of drug-likeness (QED) is 0.193. The SMILES string of the molecule is C=CC(O)N(C)[C@@H](C)C(=O)NCCNc1cc(Nc2ncc(-c3ccccc3)s2)nc(C)n1. The highest BCUT2D eigenvalue weighted by molar-refractivity contribution is 7.18. The van der Waals surface area contributed by atoms with Crippen molar-refractivity contribution >= 4 is 34.0 Å². The maximum atomic E-state index is 12.3. The molecule has 1 amide bonds. The number of rotatable bonds is 11. The van der Waals surface area contributed by atoms with Gasteiger partial charge in [0.15, 0.2) is 5.13 Å². The summed E-state index contributed by atoms with van der Waals surface area (Å²) in [4.78, 5) is 28.1. The van der Waals surface area contributed by atoms with Gasteiger partial charge < -0.3 is 21.1 Å². The van der Waals surface area contributed by atoms with Crippen molar-refractivity contribution in [2.75, 3.05) is 30.8 Å². The van der Waals surface area contributed by atoms with Crippen LogP contribution >= 0.6 is 11.3 Å². The zero-order chi connectivity index (χ0) is 23.8. The number of carbonyl (C=O) groups excluding carboxylic acids is 1. The number of hydrogen-bond donors (Lipinski definition) is 4. The van der Waals surface area contributed by atoms with E-state index < -0.39 is 12.3 Å². The highest BCUT2D eigenvalue weighted by Crippen LogP contribution is 2.30. The second-order valence-electron chi connectivity index (χ2n) is 7.41. The lowest BCUT2D eigenvalue weighted by molar-refractivity contribution is -0.128. The van der Waals surface area contributed by atoms with E-state index >= 15 is 0 Å². The number of thiazole rings is 1. The van der Waals surface area contributed by atoms with Crippen molar-refractivity contribution in [2.45, 2.75) is 26.1 Å². The van der Waals surface area contributed by atoms with Gasteiger partial charge in [-0.3, -0.25) is 9.69 Å². The number of aliphatic hydroxyl groups excluding tert-OH is 1. The van der Waals surface area contributed by atoms with Crippen LogP contribution in [-0.4, -0.2) is 63.3 Å². The van der Waals surface area contributed by atoms with E-state index in [-0.39, 0.29) is 5.91 Å². The highest BCUT2D eigenvalue weighted by Gasteiger charge is 2.21. The Hall–Kier alpha value is -3.34. The fourth-order valence-electron chi connectivity index (χ4n) is 3.00. The molecule has 0 spiro atoms. The molecule has 9 nitrogen and oxygen atoms in total. The van der Waals surface area contributed by atoms with Gasteiger partial charge in [0.05, 0.1) is 10.9 Å². The van der Waals surface area contributed by atoms with E-state index in [9.17, 15) is 9.90 Å². The molecule has 0 aliphatic heterocycles. The first-order valence-corrected chi connectivity index (χ1v) is 11.4. The van der Waals surface area contributed by atoms with E-state index in [0.717, 1.165) is 15.6 Å². The van der Waals surface area contributed by atoms with Crippen molar-refractivity contribution in [2.24, 2.45) is 0 Å². The first-order valence-electron chi connectivity index (χ1n) is 10.6. The number of anilines is 3. The normalized spacial score (nSPS) is 12.8. The standard InChI is InChI=1S/C23H29N7O2S/c1-5-21(31)30(4)15(2)22(32)25-12-11-24-19-13-20(28-16(3)27-19)29-23-26-14-18(33-23)17-9-7-6-8-10-17/h5-10,13-15,21,31H,1,11-12H2,2-4H3,(H,25,32)(H2,24,26,27,28,29)/t15-,21?/m0/s1. The summed E-state index contributed by atoms with van der Waals surface area (Å²) in [5.74, 6) is 1.71. The van der Waals surface area contributed by atoms with Gasteiger partial charge in [-0.05, 0) is 32.5 Å². The smallest absolute Gasteiger partial charge is 0.237 e. The lowest BCUT2D eigenvalue weighted by Crippen LogP contribution is -2.47. The van der Waals surface area contributed by atoms with Crippen LogP contribution in [0.25, 0.3) is 10.4 Å². The van der Waals surface area contributed by atoms with E-state index in [1.54, 1.807) is 31.4 Å². The van der Waals surface area contributed by atoms with Crippen LogP contribution in [-0.2, 0) is 4.79 Å². The molecule has 0 bridgehead atoms. The Balaban J connectivity index is 1.53. The summed E-state index contributed by atoms with van der Waals surface area (Å²) in [6.07, 6.45) is 2.34. The minimum Gasteiger partial charge on any atom is -0.375 e. The predicted octanol–water partition coefficient (Wildman–Crippen LogP) is 3.00. The largest absolute Gasteiger partial charge is 0.375 e. The Morgan fingerprint density at radius 3 is 2.70 bits per heavy atom. The summed E-state index contributed by atoms with van der Waals surface area (Å²) in [5, 5.41) is 19.8. The van der Waals surface area contributed by atoms with E-state index in [1.807, 2.05) is 43.5 Å². The summed E-state index contributed by atoms with van der Waals surface area (Å²) < 4.78 is 0. The van der Waals surface area contributed by atoms with E-state index in [0.29, 0.717) is 30.5 Å². The van der Waals surface area contributed by atoms with Crippen LogP contribution in [0.5, 0.6) is 0 Å². The zero-order valence-corrected chi connectivity index (χ0v) is 19.8. The fraction of sp³-hybridized carbons (Fsp3) is 0.304. The van der Waals surface area contributed by atoms with Crippen LogP contribution in [0.2, 0.25) is 0 Å². The molecule has 2 aromatic heterocycles. The lowest BCUT2D eigenvalue weighted by Gasteiger charge is -2.26. The molecule has 0 fully saturated rings. The summed E-state index contributed by atoms with van der Waals surface area (Å²) in [6, 6.07) is 11.4. The number of aromatic nitrogens is 3. The maximum absolute atomic E-state index is 12.3. The van der Waals surface area contributed by atoms with Crippen molar-refractivity contribution in [3.8, 4) is 10.4 Å². The van der Waals surface area contributed by atoms with E-state index in [2.05, 4.69) is 37.5 Å². The van der Waals surface area contributed by atoms with Crippen molar-refractivity contribution < 1.29 is 9.90 Å². The monoisotopic (exact) mass is 467 g/mol. The molecule has 3 aromatic rings. The molecule has 174 valence electrons. The molecule has 0 aliphatic carbocycles. The highest BCUT2D eigenvalue weighted by atomic mass is 32.1. The third-order valence-corrected chi connectivity index (χ3v) is 5.95. The van der Waals surface area contributed by atoms with Gasteiger partial charge in [0.1, 0.15) is 23.7 Å². The topological polar surface area (TPSA) is 115 Å². The molecule has 1 unspecified atom stereocenters.